The number of nitrogens with one attached hydrogen (secondary N) is 2. The van der Waals surface area contributed by atoms with Gasteiger partial charge in [0.2, 0.25) is 0 Å². The summed E-state index contributed by atoms with van der Waals surface area (Å²) in [4.78, 5) is 0. The van der Waals surface area contributed by atoms with Gasteiger partial charge in [-0.3, -0.25) is 0 Å². The van der Waals surface area contributed by atoms with Gasteiger partial charge in [-0.25, -0.2) is 0 Å². The second-order valence-corrected chi connectivity index (χ2v) is 3.92. The average Bonchev–Trinajstić information content (AvgIpc) is 2.29. The quantitative estimate of drug-likeness (QED) is 0.709. The van der Waals surface area contributed by atoms with Gasteiger partial charge in [0.25, 0.3) is 0 Å². The fourth-order valence-electron chi connectivity index (χ4n) is 1.34. The Bertz CT molecular complexity index is 326. The van der Waals surface area contributed by atoms with Crippen molar-refractivity contribution in [3.8, 4) is 0 Å². The molecule has 0 amide bonds. The van der Waals surface area contributed by atoms with E-state index < -0.39 is 0 Å². The van der Waals surface area contributed by atoms with Gasteiger partial charge < -0.3 is 10.6 Å². The largest absolute Gasteiger partial charge is 0.379 e. The lowest BCUT2D eigenvalue weighted by atomic mass is 10.2. The van der Waals surface area contributed by atoms with Crippen molar-refractivity contribution in [1.82, 2.24) is 0 Å². The highest BCUT2D eigenvalue weighted by Crippen LogP contribution is 2.16. The van der Waals surface area contributed by atoms with Gasteiger partial charge in [-0.05, 0) is 32.0 Å². The van der Waals surface area contributed by atoms with Crippen molar-refractivity contribution in [2.75, 3.05) is 10.6 Å². The first-order chi connectivity index (χ1) is 7.65. The van der Waals surface area contributed by atoms with Gasteiger partial charge in [-0.1, -0.05) is 18.2 Å². The molecule has 1 rings (SSSR count). The van der Waals surface area contributed by atoms with Gasteiger partial charge in [0, 0.05) is 23.5 Å². The summed E-state index contributed by atoms with van der Waals surface area (Å²) in [6, 6.07) is 8.74. The molecule has 0 radical (unpaired) electrons. The molecule has 2 N–H and O–H groups in total. The van der Waals surface area contributed by atoms with Crippen LogP contribution in [-0.4, -0.2) is 12.1 Å². The Morgan fingerprint density at radius 3 is 1.81 bits per heavy atom. The fourth-order valence-corrected chi connectivity index (χ4v) is 1.34. The number of hydrogen-bond donors (Lipinski definition) is 2. The molecule has 2 nitrogen and oxygen atoms in total. The molecule has 0 aromatic heterocycles. The molecular formula is C14H20N2. The molecule has 2 atom stereocenters. The van der Waals surface area contributed by atoms with Crippen molar-refractivity contribution in [3.05, 3.63) is 49.6 Å². The molecule has 86 valence electrons. The SMILES string of the molecule is C=CC(C)Nc1cccc(NC(C)C=C)c1. The van der Waals surface area contributed by atoms with Crippen LogP contribution in [0.2, 0.25) is 0 Å². The Labute approximate surface area is 98.1 Å². The third kappa shape index (κ3) is 3.81. The maximum absolute atomic E-state index is 3.75. The first kappa shape index (κ1) is 12.4. The number of benzene rings is 1. The maximum Gasteiger partial charge on any atom is 0.0413 e. The molecule has 0 aliphatic rings. The summed E-state index contributed by atoms with van der Waals surface area (Å²) in [5, 5.41) is 6.68. The lowest BCUT2D eigenvalue weighted by Crippen LogP contribution is -2.13. The van der Waals surface area contributed by atoms with Gasteiger partial charge in [-0.2, -0.15) is 0 Å². The molecule has 0 aliphatic heterocycles. The molecule has 0 bridgehead atoms. The Morgan fingerprint density at radius 2 is 1.44 bits per heavy atom. The molecule has 0 heterocycles. The van der Waals surface area contributed by atoms with Gasteiger partial charge >= 0.3 is 0 Å². The van der Waals surface area contributed by atoms with Crippen LogP contribution in [-0.2, 0) is 0 Å². The summed E-state index contributed by atoms with van der Waals surface area (Å²) in [5.74, 6) is 0. The maximum atomic E-state index is 3.75. The lowest BCUT2D eigenvalue weighted by molar-refractivity contribution is 0.992. The summed E-state index contributed by atoms with van der Waals surface area (Å²) in [6.45, 7) is 11.6. The van der Waals surface area contributed by atoms with E-state index in [0.29, 0.717) is 0 Å². The van der Waals surface area contributed by atoms with Crippen LogP contribution in [0.15, 0.2) is 49.6 Å². The van der Waals surface area contributed by atoms with Gasteiger partial charge in [0.05, 0.1) is 0 Å². The van der Waals surface area contributed by atoms with E-state index in [2.05, 4.69) is 43.7 Å². The highest BCUT2D eigenvalue weighted by molar-refractivity contribution is 5.57. The summed E-state index contributed by atoms with van der Waals surface area (Å²) < 4.78 is 0. The van der Waals surface area contributed by atoms with Crippen LogP contribution in [0.5, 0.6) is 0 Å². The van der Waals surface area contributed by atoms with Crippen molar-refractivity contribution in [2.24, 2.45) is 0 Å². The normalized spacial score (nSPS) is 13.6. The van der Waals surface area contributed by atoms with Gasteiger partial charge in [0.1, 0.15) is 0 Å². The highest BCUT2D eigenvalue weighted by Gasteiger charge is 2.00. The van der Waals surface area contributed by atoms with Crippen LogP contribution >= 0.6 is 0 Å². The van der Waals surface area contributed by atoms with Crippen LogP contribution in [0.3, 0.4) is 0 Å². The zero-order valence-electron chi connectivity index (χ0n) is 10.0. The minimum Gasteiger partial charge on any atom is -0.379 e. The molecular weight excluding hydrogens is 196 g/mol. The monoisotopic (exact) mass is 216 g/mol. The molecule has 16 heavy (non-hydrogen) atoms. The molecule has 2 heteroatoms. The molecule has 0 aliphatic carbocycles. The number of rotatable bonds is 6. The van der Waals surface area contributed by atoms with Crippen LogP contribution < -0.4 is 10.6 Å². The minimum atomic E-state index is 0.270. The molecule has 0 spiro atoms. The van der Waals surface area contributed by atoms with Crippen molar-refractivity contribution < 1.29 is 0 Å². The molecule has 0 saturated heterocycles. The van der Waals surface area contributed by atoms with E-state index in [1.54, 1.807) is 0 Å². The van der Waals surface area contributed by atoms with Crippen LogP contribution in [0.1, 0.15) is 13.8 Å². The second-order valence-electron chi connectivity index (χ2n) is 3.92. The summed E-state index contributed by atoms with van der Waals surface area (Å²) >= 11 is 0. The number of hydrogen-bond acceptors (Lipinski definition) is 2. The minimum absolute atomic E-state index is 0.270. The van der Waals surface area contributed by atoms with E-state index in [1.807, 2.05) is 30.4 Å². The topological polar surface area (TPSA) is 24.1 Å². The molecule has 0 saturated carbocycles. The molecule has 1 aromatic carbocycles. The summed E-state index contributed by atoms with van der Waals surface area (Å²) in [6.07, 6.45) is 3.76. The lowest BCUT2D eigenvalue weighted by Gasteiger charge is -2.14. The van der Waals surface area contributed by atoms with Gasteiger partial charge in [-0.15, -0.1) is 13.2 Å². The van der Waals surface area contributed by atoms with Crippen molar-refractivity contribution in [2.45, 2.75) is 25.9 Å². The van der Waals surface area contributed by atoms with Crippen LogP contribution in [0, 0.1) is 0 Å². The third-order valence-electron chi connectivity index (χ3n) is 2.36. The average molecular weight is 216 g/mol. The first-order valence-electron chi connectivity index (χ1n) is 5.54. The van der Waals surface area contributed by atoms with Crippen LogP contribution in [0.4, 0.5) is 11.4 Å². The zero-order valence-corrected chi connectivity index (χ0v) is 10.0. The second kappa shape index (κ2) is 6.01. The summed E-state index contributed by atoms with van der Waals surface area (Å²) in [7, 11) is 0. The predicted octanol–water partition coefficient (Wildman–Crippen LogP) is 3.66. The van der Waals surface area contributed by atoms with E-state index in [-0.39, 0.29) is 12.1 Å². The Balaban J connectivity index is 2.70. The van der Waals surface area contributed by atoms with Crippen molar-refractivity contribution in [3.63, 3.8) is 0 Å². The highest BCUT2D eigenvalue weighted by atomic mass is 14.9. The summed E-state index contributed by atoms with van der Waals surface area (Å²) in [5.41, 5.74) is 2.18. The molecule has 2 unspecified atom stereocenters. The Morgan fingerprint density at radius 1 is 1.00 bits per heavy atom. The Kier molecular flexibility index (Phi) is 4.65. The van der Waals surface area contributed by atoms with E-state index in [9.17, 15) is 0 Å². The molecule has 0 fully saturated rings. The van der Waals surface area contributed by atoms with E-state index >= 15 is 0 Å². The van der Waals surface area contributed by atoms with Crippen molar-refractivity contribution in [1.29, 1.82) is 0 Å². The number of anilines is 2. The van der Waals surface area contributed by atoms with Crippen LogP contribution in [0.25, 0.3) is 0 Å². The molecule has 1 aromatic rings. The van der Waals surface area contributed by atoms with Gasteiger partial charge in [0.15, 0.2) is 0 Å². The van der Waals surface area contributed by atoms with E-state index in [4.69, 9.17) is 0 Å². The van der Waals surface area contributed by atoms with E-state index in [0.717, 1.165) is 11.4 Å². The predicted molar refractivity (Wildman–Crippen MR) is 73.0 cm³/mol. The smallest absolute Gasteiger partial charge is 0.0413 e. The standard InChI is InChI=1S/C14H20N2/c1-5-11(3)15-13-8-7-9-14(10-13)16-12(4)6-2/h5-12,15-16H,1-2H2,3-4H3. The fraction of sp³-hybridized carbons (Fsp3) is 0.286. The Hall–Kier alpha value is -1.70. The zero-order chi connectivity index (χ0) is 12.0. The van der Waals surface area contributed by atoms with E-state index in [1.165, 1.54) is 0 Å². The first-order valence-corrected chi connectivity index (χ1v) is 5.54. The third-order valence-corrected chi connectivity index (χ3v) is 2.36. The van der Waals surface area contributed by atoms with Crippen molar-refractivity contribution >= 4 is 11.4 Å².